The molecule has 0 amide bonds. The van der Waals surface area contributed by atoms with Gasteiger partial charge in [-0.05, 0) is 51.1 Å². The van der Waals surface area contributed by atoms with Crippen LogP contribution in [0.3, 0.4) is 0 Å². The van der Waals surface area contributed by atoms with Crippen molar-refractivity contribution < 1.29 is 25.9 Å². The van der Waals surface area contributed by atoms with Gasteiger partial charge in [0.25, 0.3) is 20.2 Å². The summed E-state index contributed by atoms with van der Waals surface area (Å²) in [5.41, 5.74) is 19.5. The number of hydrogen-bond donors (Lipinski definition) is 5. The van der Waals surface area contributed by atoms with Gasteiger partial charge in [0.15, 0.2) is 5.13 Å². The molecule has 4 aromatic rings. The second-order valence-electron chi connectivity index (χ2n) is 8.19. The predicted molar refractivity (Wildman–Crippen MR) is 150 cm³/mol. The van der Waals surface area contributed by atoms with Crippen LogP contribution < -0.4 is 22.2 Å². The molecule has 0 fully saturated rings. The van der Waals surface area contributed by atoms with Gasteiger partial charge < -0.3 is 17.2 Å². The molecular weight excluding hydrogens is 552 g/mol. The molecule has 0 unspecified atom stereocenters. The Morgan fingerprint density at radius 2 is 1.55 bits per heavy atom. The van der Waals surface area contributed by atoms with Crippen molar-refractivity contribution >= 4 is 69.1 Å². The number of benzene rings is 3. The Kier molecular flexibility index (Phi) is 8.28. The van der Waals surface area contributed by atoms with Crippen molar-refractivity contribution in [3.8, 4) is 0 Å². The minimum Gasteiger partial charge on any atom is -0.399 e. The summed E-state index contributed by atoms with van der Waals surface area (Å²) in [6.45, 7) is 5.26. The maximum Gasteiger partial charge on any atom is 0.295 e. The van der Waals surface area contributed by atoms with Crippen LogP contribution in [0.4, 0.5) is 10.8 Å². The molecule has 0 bridgehead atoms. The molecule has 0 saturated carbocycles. The van der Waals surface area contributed by atoms with E-state index in [0.717, 1.165) is 10.4 Å². The molecule has 0 atom stereocenters. The van der Waals surface area contributed by atoms with Gasteiger partial charge in [0.1, 0.15) is 10.7 Å². The third kappa shape index (κ3) is 6.56. The molecule has 0 aliphatic rings. The van der Waals surface area contributed by atoms with Crippen molar-refractivity contribution in [1.82, 2.24) is 4.98 Å². The van der Waals surface area contributed by atoms with Gasteiger partial charge in [-0.25, -0.2) is 9.99 Å². The summed E-state index contributed by atoms with van der Waals surface area (Å²) in [5.74, 6) is 0.237. The Morgan fingerprint density at radius 3 is 2.11 bits per heavy atom. The number of fused-ring (bicyclic) bond motifs is 2. The Balaban J connectivity index is 0.000000241. The van der Waals surface area contributed by atoms with E-state index in [0.29, 0.717) is 32.8 Å². The van der Waals surface area contributed by atoms with Gasteiger partial charge in [-0.1, -0.05) is 35.6 Å². The molecule has 12 nitrogen and oxygen atoms in total. The molecule has 38 heavy (non-hydrogen) atoms. The smallest absolute Gasteiger partial charge is 0.295 e. The zero-order chi connectivity index (χ0) is 28.4. The van der Waals surface area contributed by atoms with Crippen LogP contribution in [0.25, 0.3) is 21.0 Å². The molecule has 0 aliphatic heterocycles. The molecule has 0 aliphatic carbocycles. The van der Waals surface area contributed by atoms with Crippen molar-refractivity contribution in [3.63, 3.8) is 0 Å². The minimum atomic E-state index is -4.35. The third-order valence-electron chi connectivity index (χ3n) is 4.97. The fourth-order valence-electron chi connectivity index (χ4n) is 3.36. The molecule has 3 aromatic carbocycles. The summed E-state index contributed by atoms with van der Waals surface area (Å²) < 4.78 is 63.8. The first-order valence-corrected chi connectivity index (χ1v) is 14.5. The number of nitrogens with two attached hydrogens (primary N) is 3. The lowest BCUT2D eigenvalue weighted by atomic mass is 10.1. The van der Waals surface area contributed by atoms with E-state index in [-0.39, 0.29) is 15.6 Å². The monoisotopic (exact) mass is 578 g/mol. The van der Waals surface area contributed by atoms with E-state index in [9.17, 15) is 21.4 Å². The summed E-state index contributed by atoms with van der Waals surface area (Å²) in [7, 11) is -8.52. The van der Waals surface area contributed by atoms with Crippen LogP contribution in [0, 0.1) is 0 Å². The van der Waals surface area contributed by atoms with E-state index in [1.54, 1.807) is 51.1 Å². The third-order valence-corrected chi connectivity index (χ3v) is 7.60. The SMILES string of the molecule is CC(C)=NN(/C(N)=C(\C)N)c1ccc(S(=O)(=O)O)c2ccccc12.Nc1nc2cc(S(=O)(=O)O)ccc2s1. The Morgan fingerprint density at radius 1 is 0.921 bits per heavy atom. The van der Waals surface area contributed by atoms with Crippen LogP contribution in [-0.2, 0) is 20.2 Å². The highest BCUT2D eigenvalue weighted by atomic mass is 32.2. The number of nitrogen functional groups attached to an aromatic ring is 1. The summed E-state index contributed by atoms with van der Waals surface area (Å²) in [6.07, 6.45) is 0. The Bertz CT molecular complexity index is 1790. The number of rotatable bonds is 5. The van der Waals surface area contributed by atoms with Crippen molar-refractivity contribution in [1.29, 1.82) is 0 Å². The van der Waals surface area contributed by atoms with E-state index in [4.69, 9.17) is 21.8 Å². The average Bonchev–Trinajstić information content (AvgIpc) is 3.19. The first-order valence-electron chi connectivity index (χ1n) is 10.8. The highest BCUT2D eigenvalue weighted by molar-refractivity contribution is 7.86. The van der Waals surface area contributed by atoms with Gasteiger partial charge in [0.2, 0.25) is 0 Å². The maximum atomic E-state index is 11.6. The van der Waals surface area contributed by atoms with Crippen LogP contribution in [0.15, 0.2) is 81.0 Å². The molecular formula is C23H26N6O6S3. The standard InChI is InChI=1S/C16H20N4O3S.C7H6N2O3S2/c1-10(2)19-20(16(18)11(3)17)14-8-9-15(24(21,22)23)13-7-5-4-6-12(13)14;8-7-9-5-3-4(14(10,11)12)1-2-6(5)13-7/h4-9H,17-18H2,1-3H3,(H,21,22,23);1-3H,(H2,8,9)(H,10,11,12)/b16-11+;. The lowest BCUT2D eigenvalue weighted by molar-refractivity contribution is 0.481. The van der Waals surface area contributed by atoms with E-state index in [1.165, 1.54) is 40.6 Å². The zero-order valence-corrected chi connectivity index (χ0v) is 23.0. The van der Waals surface area contributed by atoms with Gasteiger partial charge in [-0.3, -0.25) is 9.11 Å². The average molecular weight is 579 g/mol. The second-order valence-corrected chi connectivity index (χ2v) is 12.1. The van der Waals surface area contributed by atoms with Crippen molar-refractivity contribution in [2.75, 3.05) is 10.7 Å². The fourth-order valence-corrected chi connectivity index (χ4v) is 5.27. The summed E-state index contributed by atoms with van der Waals surface area (Å²) in [6, 6.07) is 13.8. The van der Waals surface area contributed by atoms with E-state index >= 15 is 0 Å². The lowest BCUT2D eigenvalue weighted by Gasteiger charge is -2.23. The summed E-state index contributed by atoms with van der Waals surface area (Å²) in [4.78, 5) is 3.56. The van der Waals surface area contributed by atoms with Crippen LogP contribution in [-0.4, -0.2) is 36.6 Å². The highest BCUT2D eigenvalue weighted by Gasteiger charge is 2.20. The van der Waals surface area contributed by atoms with Crippen molar-refractivity contribution in [2.45, 2.75) is 30.6 Å². The summed E-state index contributed by atoms with van der Waals surface area (Å²) in [5, 5.41) is 7.15. The van der Waals surface area contributed by atoms with Gasteiger partial charge in [-0.2, -0.15) is 21.9 Å². The molecule has 202 valence electrons. The van der Waals surface area contributed by atoms with Crippen LogP contribution in [0.5, 0.6) is 0 Å². The first kappa shape index (κ1) is 28.8. The van der Waals surface area contributed by atoms with E-state index < -0.39 is 20.2 Å². The zero-order valence-electron chi connectivity index (χ0n) is 20.5. The number of thiazole rings is 1. The second kappa shape index (κ2) is 10.9. The van der Waals surface area contributed by atoms with Crippen molar-refractivity contribution in [3.05, 3.63) is 66.1 Å². The number of anilines is 2. The molecule has 1 aromatic heterocycles. The number of aromatic nitrogens is 1. The maximum absolute atomic E-state index is 11.6. The topological polar surface area (TPSA) is 215 Å². The Hall–Kier alpha value is -3.76. The fraction of sp³-hybridized carbons (Fsp3) is 0.130. The summed E-state index contributed by atoms with van der Waals surface area (Å²) >= 11 is 1.26. The number of nitrogens with zero attached hydrogens (tertiary/aromatic N) is 3. The molecule has 4 rings (SSSR count). The predicted octanol–water partition coefficient (Wildman–Crippen LogP) is 3.52. The highest BCUT2D eigenvalue weighted by Crippen LogP contribution is 2.33. The molecule has 8 N–H and O–H groups in total. The molecule has 15 heteroatoms. The minimum absolute atomic E-state index is 0.171. The normalized spacial score (nSPS) is 12.4. The van der Waals surface area contributed by atoms with E-state index in [1.807, 2.05) is 0 Å². The van der Waals surface area contributed by atoms with Gasteiger partial charge in [0.05, 0.1) is 20.8 Å². The van der Waals surface area contributed by atoms with Gasteiger partial charge in [-0.15, -0.1) is 0 Å². The number of hydrogen-bond acceptors (Lipinski definition) is 11. The first-order chi connectivity index (χ1) is 17.6. The molecule has 1 heterocycles. The largest absolute Gasteiger partial charge is 0.399 e. The number of allylic oxidation sites excluding steroid dienone is 1. The Labute approximate surface area is 223 Å². The molecule has 0 saturated heterocycles. The lowest BCUT2D eigenvalue weighted by Crippen LogP contribution is -2.27. The van der Waals surface area contributed by atoms with Crippen LogP contribution in [0.2, 0.25) is 0 Å². The van der Waals surface area contributed by atoms with Crippen LogP contribution in [0.1, 0.15) is 20.8 Å². The van der Waals surface area contributed by atoms with Gasteiger partial charge in [0, 0.05) is 22.2 Å². The van der Waals surface area contributed by atoms with Crippen molar-refractivity contribution in [2.24, 2.45) is 16.6 Å². The molecule has 0 spiro atoms. The van der Waals surface area contributed by atoms with Gasteiger partial charge >= 0.3 is 0 Å². The van der Waals surface area contributed by atoms with E-state index in [2.05, 4.69) is 10.1 Å². The van der Waals surface area contributed by atoms with Crippen LogP contribution >= 0.6 is 11.3 Å². The molecule has 0 radical (unpaired) electrons. The quantitative estimate of drug-likeness (QED) is 0.131. The number of hydrazone groups is 1.